The van der Waals surface area contributed by atoms with Gasteiger partial charge in [0.15, 0.2) is 5.75 Å². The number of urea groups is 1. The molecule has 1 aromatic carbocycles. The van der Waals surface area contributed by atoms with Gasteiger partial charge in [0, 0.05) is 49.0 Å². The summed E-state index contributed by atoms with van der Waals surface area (Å²) >= 11 is 6.46. The normalized spacial score (nSPS) is 14.3. The molecule has 3 heterocycles. The van der Waals surface area contributed by atoms with Crippen LogP contribution >= 0.6 is 11.6 Å². The number of carbonyl (C=O) groups excluding carboxylic acids is 1. The number of nitrogens with one attached hydrogen (secondary N) is 1. The first kappa shape index (κ1) is 18.5. The molecular weight excluding hydrogens is 384 g/mol. The molecule has 0 bridgehead atoms. The van der Waals surface area contributed by atoms with E-state index in [1.165, 1.54) is 0 Å². The summed E-state index contributed by atoms with van der Waals surface area (Å²) in [5.74, 6) is 0.721. The molecule has 10 heteroatoms. The molecule has 0 saturated carbocycles. The fraction of sp³-hybridized carbons (Fsp3) is 0.333. The Morgan fingerprint density at radius 2 is 2.11 bits per heavy atom. The van der Waals surface area contributed by atoms with Gasteiger partial charge in [0.25, 0.3) is 0 Å². The van der Waals surface area contributed by atoms with Crippen molar-refractivity contribution in [1.82, 2.24) is 24.6 Å². The second-order valence-corrected chi connectivity index (χ2v) is 6.73. The summed E-state index contributed by atoms with van der Waals surface area (Å²) in [6.45, 7) is 2.09. The SMILES string of the molecule is COc1c(-c2cnn(C)c2)cc(Cl)c2cnc(NC(=O)N3CCOCC3)nc12. The Morgan fingerprint density at radius 1 is 1.32 bits per heavy atom. The molecule has 4 rings (SSSR count). The van der Waals surface area contributed by atoms with Crippen molar-refractivity contribution in [2.45, 2.75) is 0 Å². The molecule has 0 radical (unpaired) electrons. The van der Waals surface area contributed by atoms with Crippen molar-refractivity contribution in [3.63, 3.8) is 0 Å². The molecule has 3 aromatic rings. The number of aromatic nitrogens is 4. The summed E-state index contributed by atoms with van der Waals surface area (Å²) in [6.07, 6.45) is 5.17. The number of methoxy groups -OCH3 is 1. The summed E-state index contributed by atoms with van der Waals surface area (Å²) in [7, 11) is 3.40. The third-order valence-corrected chi connectivity index (χ3v) is 4.83. The molecule has 1 N–H and O–H groups in total. The van der Waals surface area contributed by atoms with Gasteiger partial charge in [-0.2, -0.15) is 5.10 Å². The van der Waals surface area contributed by atoms with Crippen LogP contribution in [0.4, 0.5) is 10.7 Å². The number of ether oxygens (including phenoxy) is 2. The Kier molecular flexibility index (Phi) is 5.01. The molecule has 1 fully saturated rings. The van der Waals surface area contributed by atoms with Gasteiger partial charge in [-0.3, -0.25) is 10.00 Å². The molecule has 1 saturated heterocycles. The first-order valence-corrected chi connectivity index (χ1v) is 9.10. The van der Waals surface area contributed by atoms with E-state index in [9.17, 15) is 4.79 Å². The van der Waals surface area contributed by atoms with Gasteiger partial charge in [-0.1, -0.05) is 11.6 Å². The molecular formula is C18H19ClN6O3. The smallest absolute Gasteiger partial charge is 0.324 e. The highest BCUT2D eigenvalue weighted by molar-refractivity contribution is 6.36. The molecule has 0 atom stereocenters. The monoisotopic (exact) mass is 402 g/mol. The number of morpholine rings is 1. The largest absolute Gasteiger partial charge is 0.494 e. The molecule has 0 unspecified atom stereocenters. The number of rotatable bonds is 3. The van der Waals surface area contributed by atoms with Crippen molar-refractivity contribution in [1.29, 1.82) is 0 Å². The standard InChI is InChI=1S/C18H19ClN6O3/c1-24-10-11(8-21-24)12-7-14(19)13-9-20-17(22-15(13)16(12)27-2)23-18(26)25-3-5-28-6-4-25/h7-10H,3-6H2,1-2H3,(H,20,22,23,26). The van der Waals surface area contributed by atoms with Crippen LogP contribution in [0, 0.1) is 0 Å². The Labute approximate surface area is 166 Å². The number of anilines is 1. The van der Waals surface area contributed by atoms with Crippen molar-refractivity contribution in [3.8, 4) is 16.9 Å². The molecule has 2 aromatic heterocycles. The fourth-order valence-corrected chi connectivity index (χ4v) is 3.36. The average molecular weight is 403 g/mol. The Hall–Kier alpha value is -2.91. The van der Waals surface area contributed by atoms with E-state index in [1.54, 1.807) is 35.2 Å². The van der Waals surface area contributed by atoms with Gasteiger partial charge in [0.05, 0.1) is 31.5 Å². The third kappa shape index (κ3) is 3.46. The molecule has 28 heavy (non-hydrogen) atoms. The molecule has 2 amide bonds. The molecule has 0 spiro atoms. The number of benzene rings is 1. The lowest BCUT2D eigenvalue weighted by Gasteiger charge is -2.26. The zero-order valence-electron chi connectivity index (χ0n) is 15.5. The number of aryl methyl sites for hydroxylation is 1. The van der Waals surface area contributed by atoms with Gasteiger partial charge < -0.3 is 14.4 Å². The van der Waals surface area contributed by atoms with Crippen LogP contribution in [-0.4, -0.2) is 64.1 Å². The van der Waals surface area contributed by atoms with Crippen LogP contribution in [0.2, 0.25) is 5.02 Å². The van der Waals surface area contributed by atoms with Crippen LogP contribution < -0.4 is 10.1 Å². The summed E-state index contributed by atoms with van der Waals surface area (Å²) in [5, 5.41) is 8.05. The molecule has 0 aliphatic carbocycles. The van der Waals surface area contributed by atoms with Crippen LogP contribution in [0.3, 0.4) is 0 Å². The minimum absolute atomic E-state index is 0.182. The minimum atomic E-state index is -0.267. The van der Waals surface area contributed by atoms with Gasteiger partial charge in [-0.25, -0.2) is 14.8 Å². The number of amides is 2. The molecule has 146 valence electrons. The van der Waals surface area contributed by atoms with Gasteiger partial charge in [-0.15, -0.1) is 0 Å². The molecule has 1 aliphatic rings. The van der Waals surface area contributed by atoms with E-state index in [1.807, 2.05) is 13.2 Å². The number of hydrogen-bond donors (Lipinski definition) is 1. The van der Waals surface area contributed by atoms with E-state index in [4.69, 9.17) is 21.1 Å². The van der Waals surface area contributed by atoms with E-state index < -0.39 is 0 Å². The molecule has 9 nitrogen and oxygen atoms in total. The predicted octanol–water partition coefficient (Wildman–Crippen LogP) is 2.56. The van der Waals surface area contributed by atoms with Crippen LogP contribution in [0.5, 0.6) is 5.75 Å². The van der Waals surface area contributed by atoms with Crippen molar-refractivity contribution in [2.75, 3.05) is 38.7 Å². The summed E-state index contributed by atoms with van der Waals surface area (Å²) in [5.41, 5.74) is 2.12. The highest BCUT2D eigenvalue weighted by Crippen LogP contribution is 2.39. The quantitative estimate of drug-likeness (QED) is 0.723. The van der Waals surface area contributed by atoms with E-state index >= 15 is 0 Å². The highest BCUT2D eigenvalue weighted by Gasteiger charge is 2.20. The zero-order valence-corrected chi connectivity index (χ0v) is 16.2. The average Bonchev–Trinajstić information content (AvgIpc) is 3.14. The van der Waals surface area contributed by atoms with Crippen LogP contribution in [0.25, 0.3) is 22.0 Å². The Balaban J connectivity index is 1.73. The first-order chi connectivity index (χ1) is 13.6. The maximum Gasteiger partial charge on any atom is 0.324 e. The lowest BCUT2D eigenvalue weighted by Crippen LogP contribution is -2.43. The lowest BCUT2D eigenvalue weighted by molar-refractivity contribution is 0.0564. The first-order valence-electron chi connectivity index (χ1n) is 8.72. The van der Waals surface area contributed by atoms with Crippen LogP contribution in [0.1, 0.15) is 0 Å². The zero-order chi connectivity index (χ0) is 19.7. The summed E-state index contributed by atoms with van der Waals surface area (Å²) in [4.78, 5) is 22.8. The summed E-state index contributed by atoms with van der Waals surface area (Å²) < 4.78 is 12.6. The van der Waals surface area contributed by atoms with Gasteiger partial charge in [-0.05, 0) is 6.07 Å². The number of hydrogen-bond acceptors (Lipinski definition) is 6. The fourth-order valence-electron chi connectivity index (χ4n) is 3.11. The minimum Gasteiger partial charge on any atom is -0.494 e. The van der Waals surface area contributed by atoms with E-state index in [2.05, 4.69) is 20.4 Å². The number of carbonyl (C=O) groups is 1. The maximum atomic E-state index is 12.4. The van der Waals surface area contributed by atoms with Gasteiger partial charge in [0.1, 0.15) is 5.52 Å². The Bertz CT molecular complexity index is 1030. The second kappa shape index (κ2) is 7.61. The van der Waals surface area contributed by atoms with Crippen molar-refractivity contribution in [3.05, 3.63) is 29.7 Å². The maximum absolute atomic E-state index is 12.4. The van der Waals surface area contributed by atoms with E-state index in [-0.39, 0.29) is 12.0 Å². The van der Waals surface area contributed by atoms with Crippen molar-refractivity contribution >= 4 is 34.5 Å². The third-order valence-electron chi connectivity index (χ3n) is 4.51. The van der Waals surface area contributed by atoms with Crippen molar-refractivity contribution in [2.24, 2.45) is 7.05 Å². The number of nitrogens with zero attached hydrogens (tertiary/aromatic N) is 5. The highest BCUT2D eigenvalue weighted by atomic mass is 35.5. The van der Waals surface area contributed by atoms with Crippen molar-refractivity contribution < 1.29 is 14.3 Å². The summed E-state index contributed by atoms with van der Waals surface area (Å²) in [6, 6.07) is 1.53. The number of halogens is 1. The van der Waals surface area contributed by atoms with Crippen LogP contribution in [0.15, 0.2) is 24.7 Å². The van der Waals surface area contributed by atoms with Gasteiger partial charge >= 0.3 is 6.03 Å². The van der Waals surface area contributed by atoms with Gasteiger partial charge in [0.2, 0.25) is 5.95 Å². The number of fused-ring (bicyclic) bond motifs is 1. The lowest BCUT2D eigenvalue weighted by atomic mass is 10.1. The molecule has 1 aliphatic heterocycles. The van der Waals surface area contributed by atoms with Crippen LogP contribution in [-0.2, 0) is 11.8 Å². The topological polar surface area (TPSA) is 94.4 Å². The predicted molar refractivity (Wildman–Crippen MR) is 105 cm³/mol. The van der Waals surface area contributed by atoms with E-state index in [0.29, 0.717) is 48.0 Å². The second-order valence-electron chi connectivity index (χ2n) is 6.33. The van der Waals surface area contributed by atoms with E-state index in [0.717, 1.165) is 11.1 Å². The Morgan fingerprint density at radius 3 is 2.79 bits per heavy atom.